The van der Waals surface area contributed by atoms with Crippen LogP contribution in [0, 0.1) is 0 Å². The molecule has 1 aromatic heterocycles. The molecule has 8 heteroatoms. The highest BCUT2D eigenvalue weighted by molar-refractivity contribution is 5.71. The van der Waals surface area contributed by atoms with Gasteiger partial charge in [0.2, 0.25) is 0 Å². The van der Waals surface area contributed by atoms with Gasteiger partial charge >= 0.3 is 6.61 Å². The number of alkyl halides is 2. The Morgan fingerprint density at radius 3 is 2.78 bits per heavy atom. The zero-order valence-corrected chi connectivity index (χ0v) is 18.9. The number of benzene rings is 1. The Hall–Kier alpha value is -2.32. The number of aliphatic hydroxyl groups is 1. The van der Waals surface area contributed by atoms with Gasteiger partial charge in [0.25, 0.3) is 0 Å². The zero-order chi connectivity index (χ0) is 22.9. The molecular weight excluding hydrogens is 416 g/mol. The molecule has 6 nitrogen and oxygen atoms in total. The maximum atomic E-state index is 12.7. The Morgan fingerprint density at radius 2 is 2.06 bits per heavy atom. The van der Waals surface area contributed by atoms with E-state index in [0.717, 1.165) is 42.4 Å². The fourth-order valence-electron chi connectivity index (χ4n) is 4.12. The quantitative estimate of drug-likeness (QED) is 0.469. The Morgan fingerprint density at radius 1 is 1.22 bits per heavy atom. The lowest BCUT2D eigenvalue weighted by Crippen LogP contribution is -2.21. The molecule has 0 saturated carbocycles. The first-order valence-corrected chi connectivity index (χ1v) is 11.5. The first-order valence-electron chi connectivity index (χ1n) is 11.5. The van der Waals surface area contributed by atoms with Gasteiger partial charge in [-0.2, -0.15) is 8.78 Å². The summed E-state index contributed by atoms with van der Waals surface area (Å²) in [5, 5.41) is 22.7. The molecule has 0 spiro atoms. The summed E-state index contributed by atoms with van der Waals surface area (Å²) >= 11 is 0. The van der Waals surface area contributed by atoms with E-state index in [1.807, 2.05) is 0 Å². The summed E-state index contributed by atoms with van der Waals surface area (Å²) in [6, 6.07) is 5.03. The Balaban J connectivity index is 1.98. The largest absolute Gasteiger partial charge is 0.435 e. The summed E-state index contributed by atoms with van der Waals surface area (Å²) in [6.07, 6.45) is 6.93. The van der Waals surface area contributed by atoms with Crippen LogP contribution in [0.5, 0.6) is 5.75 Å². The Kier molecular flexibility index (Phi) is 9.17. The summed E-state index contributed by atoms with van der Waals surface area (Å²) in [6.45, 7) is 2.06. The topological polar surface area (TPSA) is 76.5 Å². The molecule has 0 aliphatic carbocycles. The minimum absolute atomic E-state index is 0.0784. The molecule has 0 bridgehead atoms. The van der Waals surface area contributed by atoms with Crippen molar-refractivity contribution in [2.75, 3.05) is 11.9 Å². The highest BCUT2D eigenvalue weighted by Gasteiger charge is 2.22. The molecule has 1 atom stereocenters. The van der Waals surface area contributed by atoms with Crippen molar-refractivity contribution < 1.29 is 23.4 Å². The van der Waals surface area contributed by atoms with Gasteiger partial charge in [0.05, 0.1) is 18.9 Å². The number of nitrogens with zero attached hydrogens (tertiary/aromatic N) is 2. The highest BCUT2D eigenvalue weighted by atomic mass is 19.3. The van der Waals surface area contributed by atoms with Crippen molar-refractivity contribution in [3.05, 3.63) is 34.9 Å². The minimum atomic E-state index is -2.89. The fourth-order valence-corrected chi connectivity index (χ4v) is 4.12. The van der Waals surface area contributed by atoms with Gasteiger partial charge in [0.15, 0.2) is 5.82 Å². The smallest absolute Gasteiger partial charge is 0.387 e. The van der Waals surface area contributed by atoms with E-state index in [-0.39, 0.29) is 25.0 Å². The lowest BCUT2D eigenvalue weighted by Gasteiger charge is -2.22. The van der Waals surface area contributed by atoms with Crippen LogP contribution in [0.2, 0.25) is 0 Å². The third kappa shape index (κ3) is 6.13. The molecule has 0 fully saturated rings. The normalized spacial score (nSPS) is 14.7. The standard InChI is InChI=1S/C24H33F2N3O3/c1-3-5-6-8-17(4-2)27-23-21(14-30)20-9-7-12-31-15-16-13-18(32-24(25)26)10-11-19(16)22(20)28-29-23/h10-11,13,17,24,30H,3-9,12,14-15H2,1-2H3,(H,27,29)/t17-/m0/s1. The van der Waals surface area contributed by atoms with Crippen molar-refractivity contribution in [3.8, 4) is 17.0 Å². The van der Waals surface area contributed by atoms with Gasteiger partial charge in [-0.05, 0) is 55.0 Å². The van der Waals surface area contributed by atoms with E-state index in [4.69, 9.17) is 4.74 Å². The molecule has 1 aliphatic rings. The van der Waals surface area contributed by atoms with Crippen LogP contribution < -0.4 is 10.1 Å². The van der Waals surface area contributed by atoms with Crippen LogP contribution in [0.1, 0.15) is 69.1 Å². The lowest BCUT2D eigenvalue weighted by atomic mass is 9.95. The molecule has 0 radical (unpaired) electrons. The summed E-state index contributed by atoms with van der Waals surface area (Å²) in [5.74, 6) is 0.698. The Bertz CT molecular complexity index is 880. The SMILES string of the molecule is CCCCC[C@H](CC)Nc1nnc2c(c1CO)CCCOCc1cc(OC(F)F)ccc1-2. The van der Waals surface area contributed by atoms with Crippen molar-refractivity contribution in [2.24, 2.45) is 0 Å². The molecule has 32 heavy (non-hydrogen) atoms. The molecule has 3 rings (SSSR count). The van der Waals surface area contributed by atoms with Crippen LogP contribution in [-0.2, 0) is 24.4 Å². The van der Waals surface area contributed by atoms with Crippen molar-refractivity contribution in [2.45, 2.75) is 84.7 Å². The number of halogens is 2. The molecule has 0 saturated heterocycles. The van der Waals surface area contributed by atoms with E-state index >= 15 is 0 Å². The first-order chi connectivity index (χ1) is 15.6. The minimum Gasteiger partial charge on any atom is -0.435 e. The van der Waals surface area contributed by atoms with E-state index < -0.39 is 6.61 Å². The summed E-state index contributed by atoms with van der Waals surface area (Å²) in [5.41, 5.74) is 3.78. The number of unbranched alkanes of at least 4 members (excludes halogenated alkanes) is 2. The van der Waals surface area contributed by atoms with Crippen LogP contribution in [-0.4, -0.2) is 34.6 Å². The van der Waals surface area contributed by atoms with E-state index in [1.54, 1.807) is 12.1 Å². The van der Waals surface area contributed by atoms with Gasteiger partial charge < -0.3 is 19.9 Å². The van der Waals surface area contributed by atoms with E-state index in [0.29, 0.717) is 30.1 Å². The molecular formula is C24H33F2N3O3. The second kappa shape index (κ2) is 12.1. The number of fused-ring (bicyclic) bond motifs is 3. The van der Waals surface area contributed by atoms with Gasteiger partial charge in [-0.15, -0.1) is 10.2 Å². The molecule has 1 aliphatic heterocycles. The van der Waals surface area contributed by atoms with Crippen molar-refractivity contribution in [1.29, 1.82) is 0 Å². The second-order valence-corrected chi connectivity index (χ2v) is 8.11. The van der Waals surface area contributed by atoms with Crippen molar-refractivity contribution in [3.63, 3.8) is 0 Å². The van der Waals surface area contributed by atoms with Crippen molar-refractivity contribution in [1.82, 2.24) is 10.2 Å². The van der Waals surface area contributed by atoms with E-state index in [2.05, 4.69) is 34.1 Å². The average molecular weight is 450 g/mol. The molecule has 176 valence electrons. The molecule has 0 amide bonds. The number of anilines is 1. The highest BCUT2D eigenvalue weighted by Crippen LogP contribution is 2.34. The molecule has 2 aromatic rings. The number of nitrogens with one attached hydrogen (secondary N) is 1. The van der Waals surface area contributed by atoms with Crippen LogP contribution in [0.25, 0.3) is 11.3 Å². The van der Waals surface area contributed by atoms with Crippen LogP contribution >= 0.6 is 0 Å². The summed E-state index contributed by atoms with van der Waals surface area (Å²) < 4.78 is 35.6. The van der Waals surface area contributed by atoms with Crippen LogP contribution in [0.4, 0.5) is 14.6 Å². The van der Waals surface area contributed by atoms with E-state index in [9.17, 15) is 13.9 Å². The number of ether oxygens (including phenoxy) is 2. The van der Waals surface area contributed by atoms with Crippen LogP contribution in [0.15, 0.2) is 18.2 Å². The molecule has 1 aromatic carbocycles. The maximum absolute atomic E-state index is 12.7. The average Bonchev–Trinajstić information content (AvgIpc) is 2.86. The maximum Gasteiger partial charge on any atom is 0.387 e. The van der Waals surface area contributed by atoms with Crippen LogP contribution in [0.3, 0.4) is 0 Å². The van der Waals surface area contributed by atoms with Gasteiger partial charge in [0, 0.05) is 23.8 Å². The Labute approximate surface area is 188 Å². The predicted molar refractivity (Wildman–Crippen MR) is 120 cm³/mol. The number of aromatic nitrogens is 2. The third-order valence-corrected chi connectivity index (χ3v) is 5.86. The summed E-state index contributed by atoms with van der Waals surface area (Å²) in [7, 11) is 0. The number of aliphatic hydroxyl groups excluding tert-OH is 1. The number of hydrogen-bond acceptors (Lipinski definition) is 6. The van der Waals surface area contributed by atoms with Crippen molar-refractivity contribution >= 4 is 5.82 Å². The third-order valence-electron chi connectivity index (χ3n) is 5.86. The molecule has 2 N–H and O–H groups in total. The van der Waals surface area contributed by atoms with Gasteiger partial charge in [-0.1, -0.05) is 33.1 Å². The molecule has 0 unspecified atom stereocenters. The predicted octanol–water partition coefficient (Wildman–Crippen LogP) is 5.47. The summed E-state index contributed by atoms with van der Waals surface area (Å²) in [4.78, 5) is 0. The fraction of sp³-hybridized carbons (Fsp3) is 0.583. The second-order valence-electron chi connectivity index (χ2n) is 8.11. The number of rotatable bonds is 10. The zero-order valence-electron chi connectivity index (χ0n) is 18.9. The first kappa shape index (κ1) is 24.3. The lowest BCUT2D eigenvalue weighted by molar-refractivity contribution is -0.0499. The molecule has 2 heterocycles. The van der Waals surface area contributed by atoms with E-state index in [1.165, 1.54) is 18.9 Å². The van der Waals surface area contributed by atoms with Gasteiger partial charge in [0.1, 0.15) is 5.75 Å². The van der Waals surface area contributed by atoms with Gasteiger partial charge in [-0.25, -0.2) is 0 Å². The number of hydrogen-bond donors (Lipinski definition) is 2. The monoisotopic (exact) mass is 449 g/mol. The van der Waals surface area contributed by atoms with Gasteiger partial charge in [-0.3, -0.25) is 0 Å².